The van der Waals surface area contributed by atoms with E-state index in [2.05, 4.69) is 20.4 Å². The first-order chi connectivity index (χ1) is 10.6. The monoisotopic (exact) mass is 320 g/mol. The van der Waals surface area contributed by atoms with Gasteiger partial charge in [0, 0.05) is 5.41 Å². The molecule has 3 N–H and O–H groups in total. The second kappa shape index (κ2) is 5.44. The summed E-state index contributed by atoms with van der Waals surface area (Å²) in [6.45, 7) is 12.1. The van der Waals surface area contributed by atoms with Crippen LogP contribution >= 0.6 is 0 Å². The first kappa shape index (κ1) is 17.2. The summed E-state index contributed by atoms with van der Waals surface area (Å²) in [5, 5.41) is 31.0. The lowest BCUT2D eigenvalue weighted by Gasteiger charge is -2.58. The van der Waals surface area contributed by atoms with Crippen molar-refractivity contribution in [1.82, 2.24) is 0 Å². The van der Waals surface area contributed by atoms with Gasteiger partial charge >= 0.3 is 0 Å². The van der Waals surface area contributed by atoms with Gasteiger partial charge in [0.05, 0.1) is 17.8 Å². The summed E-state index contributed by atoms with van der Waals surface area (Å²) in [5.41, 5.74) is -0.134. The summed E-state index contributed by atoms with van der Waals surface area (Å²) in [6, 6.07) is 0. The van der Waals surface area contributed by atoms with Crippen molar-refractivity contribution >= 4 is 0 Å². The Kier molecular flexibility index (Phi) is 4.06. The van der Waals surface area contributed by atoms with Gasteiger partial charge in [0.1, 0.15) is 0 Å². The number of hydrogen-bond donors (Lipinski definition) is 3. The van der Waals surface area contributed by atoms with Crippen LogP contribution in [-0.4, -0.2) is 33.1 Å². The molecule has 3 rings (SSSR count). The highest BCUT2D eigenvalue weighted by molar-refractivity contribution is 5.27. The second-order valence-corrected chi connectivity index (χ2v) is 9.02. The molecule has 3 saturated carbocycles. The largest absolute Gasteiger partial charge is 0.393 e. The van der Waals surface area contributed by atoms with Crippen LogP contribution in [0.1, 0.15) is 47.0 Å². The summed E-state index contributed by atoms with van der Waals surface area (Å²) in [6.07, 6.45) is 5.43. The molecule has 0 amide bonds. The molecule has 3 aliphatic rings. The first-order valence-electron chi connectivity index (χ1n) is 9.04. The fourth-order valence-electron chi connectivity index (χ4n) is 5.96. The minimum atomic E-state index is -0.938. The SMILES string of the molecule is C=C(C(O)C=CC(C)(C)O)C1CC(O)C2(C)C3CCC(C)C3C12. The molecule has 3 aliphatic carbocycles. The van der Waals surface area contributed by atoms with Gasteiger partial charge in [-0.05, 0) is 61.9 Å². The Morgan fingerprint density at radius 3 is 2.61 bits per heavy atom. The van der Waals surface area contributed by atoms with E-state index in [4.69, 9.17) is 0 Å². The van der Waals surface area contributed by atoms with Gasteiger partial charge in [-0.15, -0.1) is 0 Å². The van der Waals surface area contributed by atoms with Crippen LogP contribution in [0.5, 0.6) is 0 Å². The predicted octanol–water partition coefficient (Wildman–Crippen LogP) is 2.91. The normalized spacial score (nSPS) is 47.3. The minimum Gasteiger partial charge on any atom is -0.393 e. The maximum Gasteiger partial charge on any atom is 0.0933 e. The molecule has 0 saturated heterocycles. The maximum atomic E-state index is 10.7. The maximum absolute atomic E-state index is 10.7. The zero-order valence-electron chi connectivity index (χ0n) is 14.9. The number of aliphatic hydroxyl groups excluding tert-OH is 2. The van der Waals surface area contributed by atoms with E-state index in [-0.39, 0.29) is 17.4 Å². The fourth-order valence-corrected chi connectivity index (χ4v) is 5.96. The molecule has 0 aliphatic heterocycles. The van der Waals surface area contributed by atoms with Gasteiger partial charge < -0.3 is 15.3 Å². The Labute approximate surface area is 140 Å². The molecule has 0 bridgehead atoms. The zero-order chi connectivity index (χ0) is 17.2. The van der Waals surface area contributed by atoms with Crippen molar-refractivity contribution in [2.45, 2.75) is 64.8 Å². The molecule has 130 valence electrons. The molecule has 3 heteroatoms. The van der Waals surface area contributed by atoms with Crippen molar-refractivity contribution in [3.63, 3.8) is 0 Å². The number of fused-ring (bicyclic) bond motifs is 4. The molecule has 0 aromatic carbocycles. The Morgan fingerprint density at radius 1 is 1.35 bits per heavy atom. The summed E-state index contributed by atoms with van der Waals surface area (Å²) in [5.74, 6) is 2.64. The molecule has 0 aromatic rings. The van der Waals surface area contributed by atoms with Gasteiger partial charge in [0.25, 0.3) is 0 Å². The molecule has 3 fully saturated rings. The van der Waals surface area contributed by atoms with Crippen LogP contribution in [0.25, 0.3) is 0 Å². The van der Waals surface area contributed by atoms with Gasteiger partial charge in [0.15, 0.2) is 0 Å². The Bertz CT molecular complexity index is 517. The quantitative estimate of drug-likeness (QED) is 0.698. The summed E-state index contributed by atoms with van der Waals surface area (Å²) in [7, 11) is 0. The lowest BCUT2D eigenvalue weighted by Crippen LogP contribution is -2.57. The average molecular weight is 320 g/mol. The summed E-state index contributed by atoms with van der Waals surface area (Å²) < 4.78 is 0. The second-order valence-electron chi connectivity index (χ2n) is 9.02. The highest BCUT2D eigenvalue weighted by Crippen LogP contribution is 2.73. The highest BCUT2D eigenvalue weighted by atomic mass is 16.3. The first-order valence-corrected chi connectivity index (χ1v) is 9.04. The van der Waals surface area contributed by atoms with E-state index in [1.165, 1.54) is 12.8 Å². The topological polar surface area (TPSA) is 60.7 Å². The van der Waals surface area contributed by atoms with E-state index in [1.807, 2.05) is 0 Å². The molecule has 0 aromatic heterocycles. The highest BCUT2D eigenvalue weighted by Gasteiger charge is 2.70. The van der Waals surface area contributed by atoms with Crippen LogP contribution in [-0.2, 0) is 0 Å². The van der Waals surface area contributed by atoms with Crippen molar-refractivity contribution in [2.75, 3.05) is 0 Å². The number of aliphatic hydroxyl groups is 3. The third-order valence-electron chi connectivity index (χ3n) is 7.16. The lowest BCUT2D eigenvalue weighted by atomic mass is 9.46. The molecular formula is C20H32O3. The molecule has 0 radical (unpaired) electrons. The van der Waals surface area contributed by atoms with E-state index < -0.39 is 11.7 Å². The van der Waals surface area contributed by atoms with Gasteiger partial charge in [-0.3, -0.25) is 0 Å². The van der Waals surface area contributed by atoms with Crippen LogP contribution in [0.3, 0.4) is 0 Å². The smallest absolute Gasteiger partial charge is 0.0933 e. The minimum absolute atomic E-state index is 0.00270. The van der Waals surface area contributed by atoms with Gasteiger partial charge in [-0.1, -0.05) is 39.0 Å². The van der Waals surface area contributed by atoms with Crippen LogP contribution in [0.15, 0.2) is 24.3 Å². The van der Waals surface area contributed by atoms with Crippen molar-refractivity contribution in [1.29, 1.82) is 0 Å². The number of hydrogen-bond acceptors (Lipinski definition) is 3. The van der Waals surface area contributed by atoms with Crippen molar-refractivity contribution < 1.29 is 15.3 Å². The van der Waals surface area contributed by atoms with Crippen molar-refractivity contribution in [3.05, 3.63) is 24.3 Å². The van der Waals surface area contributed by atoms with E-state index >= 15 is 0 Å². The van der Waals surface area contributed by atoms with Crippen molar-refractivity contribution in [3.8, 4) is 0 Å². The van der Waals surface area contributed by atoms with Gasteiger partial charge in [0.2, 0.25) is 0 Å². The fraction of sp³-hybridized carbons (Fsp3) is 0.800. The van der Waals surface area contributed by atoms with Crippen LogP contribution in [0, 0.1) is 35.0 Å². The van der Waals surface area contributed by atoms with Gasteiger partial charge in [-0.2, -0.15) is 0 Å². The van der Waals surface area contributed by atoms with E-state index in [0.717, 1.165) is 5.57 Å². The molecular weight excluding hydrogens is 288 g/mol. The molecule has 8 unspecified atom stereocenters. The lowest BCUT2D eigenvalue weighted by molar-refractivity contribution is -0.143. The molecule has 0 spiro atoms. The zero-order valence-corrected chi connectivity index (χ0v) is 14.9. The van der Waals surface area contributed by atoms with E-state index in [9.17, 15) is 15.3 Å². The standard InChI is InChI=1S/C20H32O3/c1-11-6-7-14-17(11)18-13(10-16(22)20(14,18)5)12(2)15(21)8-9-19(3,4)23/h8-9,11,13-18,21-23H,2,6-7,10H2,1,3-5H3. The molecule has 3 nitrogen and oxygen atoms in total. The van der Waals surface area contributed by atoms with Crippen LogP contribution < -0.4 is 0 Å². The number of rotatable bonds is 4. The molecule has 8 atom stereocenters. The van der Waals surface area contributed by atoms with Crippen LogP contribution in [0.4, 0.5) is 0 Å². The van der Waals surface area contributed by atoms with Crippen molar-refractivity contribution in [2.24, 2.45) is 35.0 Å². The summed E-state index contributed by atoms with van der Waals surface area (Å²) >= 11 is 0. The third kappa shape index (κ3) is 2.52. The van der Waals surface area contributed by atoms with E-state index in [1.54, 1.807) is 26.0 Å². The molecule has 23 heavy (non-hydrogen) atoms. The Hall–Kier alpha value is -0.640. The van der Waals surface area contributed by atoms with Crippen LogP contribution in [0.2, 0.25) is 0 Å². The van der Waals surface area contributed by atoms with Gasteiger partial charge in [-0.25, -0.2) is 0 Å². The Morgan fingerprint density at radius 2 is 2.00 bits per heavy atom. The third-order valence-corrected chi connectivity index (χ3v) is 7.16. The Balaban J connectivity index is 1.78. The molecule has 0 heterocycles. The summed E-state index contributed by atoms with van der Waals surface area (Å²) in [4.78, 5) is 0. The van der Waals surface area contributed by atoms with E-state index in [0.29, 0.717) is 30.1 Å². The average Bonchev–Trinajstić information content (AvgIpc) is 2.88. The predicted molar refractivity (Wildman–Crippen MR) is 91.7 cm³/mol.